The molecular weight excluding hydrogens is 266 g/mol. The Morgan fingerprint density at radius 2 is 2.00 bits per heavy atom. The molecule has 0 amide bonds. The second-order valence-corrected chi connectivity index (χ2v) is 7.08. The van der Waals surface area contributed by atoms with Crippen molar-refractivity contribution >= 4 is 16.0 Å². The van der Waals surface area contributed by atoms with Crippen molar-refractivity contribution in [3.05, 3.63) is 29.8 Å². The van der Waals surface area contributed by atoms with Crippen LogP contribution in [0, 0.1) is 12.3 Å². The molecule has 1 saturated heterocycles. The summed E-state index contributed by atoms with van der Waals surface area (Å²) in [6, 6.07) is 6.74. The number of sulfonamides is 1. The van der Waals surface area contributed by atoms with E-state index in [1.807, 2.05) is 13.0 Å². The summed E-state index contributed by atoms with van der Waals surface area (Å²) in [7, 11) is -2.20. The van der Waals surface area contributed by atoms with Crippen LogP contribution in [-0.4, -0.2) is 38.9 Å². The van der Waals surface area contributed by atoms with Gasteiger partial charge in [-0.3, -0.25) is 4.79 Å². The number of carbonyl (C=O) groups excluding carboxylic acids is 1. The number of ether oxygens (including phenoxy) is 1. The smallest absolute Gasteiger partial charge is 0.314 e. The maximum Gasteiger partial charge on any atom is 0.314 e. The molecule has 1 aromatic rings. The van der Waals surface area contributed by atoms with Gasteiger partial charge in [-0.2, -0.15) is 4.31 Å². The number of hydrogen-bond donors (Lipinski definition) is 0. The molecule has 1 heterocycles. The van der Waals surface area contributed by atoms with Crippen LogP contribution in [0.1, 0.15) is 12.5 Å². The molecule has 0 spiro atoms. The van der Waals surface area contributed by atoms with Crippen molar-refractivity contribution in [2.45, 2.75) is 18.7 Å². The van der Waals surface area contributed by atoms with Crippen molar-refractivity contribution in [2.75, 3.05) is 20.2 Å². The first-order chi connectivity index (χ1) is 8.79. The minimum absolute atomic E-state index is 0.163. The van der Waals surface area contributed by atoms with Crippen LogP contribution >= 0.6 is 0 Å². The van der Waals surface area contributed by atoms with Crippen molar-refractivity contribution in [1.82, 2.24) is 4.31 Å². The number of hydrogen-bond acceptors (Lipinski definition) is 4. The highest BCUT2D eigenvalue weighted by Crippen LogP contribution is 2.35. The Morgan fingerprint density at radius 3 is 2.53 bits per heavy atom. The standard InChI is InChI=1S/C13H17NO4S/c1-10-5-4-6-11(7-10)19(16,17)14-8-13(2,9-14)12(15)18-3/h4-7H,8-9H2,1-3H3. The Balaban J connectivity index is 2.19. The van der Waals surface area contributed by atoms with Gasteiger partial charge < -0.3 is 4.74 Å². The Morgan fingerprint density at radius 1 is 1.37 bits per heavy atom. The average Bonchev–Trinajstić information content (AvgIpc) is 2.33. The fraction of sp³-hybridized carbons (Fsp3) is 0.462. The lowest BCUT2D eigenvalue weighted by molar-refractivity contribution is -0.158. The topological polar surface area (TPSA) is 63.7 Å². The highest BCUT2D eigenvalue weighted by molar-refractivity contribution is 7.89. The van der Waals surface area contributed by atoms with E-state index in [0.29, 0.717) is 0 Å². The van der Waals surface area contributed by atoms with Crippen LogP contribution < -0.4 is 0 Å². The van der Waals surface area contributed by atoms with Crippen LogP contribution in [0.3, 0.4) is 0 Å². The second kappa shape index (κ2) is 4.61. The zero-order valence-corrected chi connectivity index (χ0v) is 12.0. The Labute approximate surface area is 113 Å². The molecule has 0 bridgehead atoms. The molecule has 1 fully saturated rings. The third-order valence-corrected chi connectivity index (χ3v) is 5.14. The minimum atomic E-state index is -3.51. The van der Waals surface area contributed by atoms with Crippen LogP contribution in [0.5, 0.6) is 0 Å². The van der Waals surface area contributed by atoms with E-state index in [1.165, 1.54) is 11.4 Å². The van der Waals surface area contributed by atoms with E-state index in [4.69, 9.17) is 0 Å². The molecule has 1 aliphatic heterocycles. The maximum absolute atomic E-state index is 12.3. The predicted octanol–water partition coefficient (Wildman–Crippen LogP) is 1.18. The first-order valence-corrected chi connectivity index (χ1v) is 7.39. The quantitative estimate of drug-likeness (QED) is 0.781. The Hall–Kier alpha value is -1.40. The minimum Gasteiger partial charge on any atom is -0.469 e. The SMILES string of the molecule is COC(=O)C1(C)CN(S(=O)(=O)c2cccc(C)c2)C1. The summed E-state index contributed by atoms with van der Waals surface area (Å²) < 4.78 is 30.7. The van der Waals surface area contributed by atoms with Gasteiger partial charge >= 0.3 is 5.97 Å². The van der Waals surface area contributed by atoms with Crippen LogP contribution in [0.25, 0.3) is 0 Å². The summed E-state index contributed by atoms with van der Waals surface area (Å²) in [5.41, 5.74) is 0.156. The monoisotopic (exact) mass is 283 g/mol. The van der Waals surface area contributed by atoms with Gasteiger partial charge in [0.05, 0.1) is 17.4 Å². The lowest BCUT2D eigenvalue weighted by atomic mass is 9.84. The summed E-state index contributed by atoms with van der Waals surface area (Å²) >= 11 is 0. The molecule has 0 aromatic heterocycles. The number of benzene rings is 1. The lowest BCUT2D eigenvalue weighted by Crippen LogP contribution is -2.60. The first kappa shape index (κ1) is 14.0. The molecular formula is C13H17NO4S. The highest BCUT2D eigenvalue weighted by atomic mass is 32.2. The van der Waals surface area contributed by atoms with Gasteiger partial charge in [-0.1, -0.05) is 12.1 Å². The average molecular weight is 283 g/mol. The van der Waals surface area contributed by atoms with E-state index in [0.717, 1.165) is 5.56 Å². The molecule has 5 nitrogen and oxygen atoms in total. The fourth-order valence-electron chi connectivity index (χ4n) is 2.20. The number of aryl methyl sites for hydroxylation is 1. The normalized spacial score (nSPS) is 18.7. The Kier molecular flexibility index (Phi) is 3.40. The molecule has 0 saturated carbocycles. The van der Waals surface area contributed by atoms with E-state index in [9.17, 15) is 13.2 Å². The van der Waals surface area contributed by atoms with Crippen molar-refractivity contribution in [1.29, 1.82) is 0 Å². The van der Waals surface area contributed by atoms with E-state index in [-0.39, 0.29) is 24.0 Å². The molecule has 6 heteroatoms. The molecule has 19 heavy (non-hydrogen) atoms. The summed E-state index contributed by atoms with van der Waals surface area (Å²) in [5, 5.41) is 0. The van der Waals surface area contributed by atoms with Crippen LogP contribution in [0.4, 0.5) is 0 Å². The Bertz CT molecular complexity index is 603. The number of rotatable bonds is 3. The number of methoxy groups -OCH3 is 1. The van der Waals surface area contributed by atoms with Gasteiger partial charge in [-0.25, -0.2) is 8.42 Å². The predicted molar refractivity (Wildman–Crippen MR) is 70.1 cm³/mol. The summed E-state index contributed by atoms with van der Waals surface area (Å²) in [5.74, 6) is -0.372. The van der Waals surface area contributed by atoms with Gasteiger partial charge in [0.1, 0.15) is 0 Å². The van der Waals surface area contributed by atoms with E-state index in [1.54, 1.807) is 25.1 Å². The first-order valence-electron chi connectivity index (χ1n) is 5.95. The third-order valence-electron chi connectivity index (χ3n) is 3.36. The second-order valence-electron chi connectivity index (χ2n) is 5.14. The molecule has 1 aromatic carbocycles. The van der Waals surface area contributed by atoms with Crippen LogP contribution in [-0.2, 0) is 19.6 Å². The van der Waals surface area contributed by atoms with E-state index in [2.05, 4.69) is 4.74 Å². The number of esters is 1. The molecule has 104 valence electrons. The van der Waals surface area contributed by atoms with Gasteiger partial charge in [-0.15, -0.1) is 0 Å². The van der Waals surface area contributed by atoms with E-state index < -0.39 is 15.4 Å². The summed E-state index contributed by atoms with van der Waals surface area (Å²) in [6.45, 7) is 3.88. The molecule has 2 rings (SSSR count). The van der Waals surface area contributed by atoms with Crippen molar-refractivity contribution in [3.63, 3.8) is 0 Å². The van der Waals surface area contributed by atoms with Crippen LogP contribution in [0.2, 0.25) is 0 Å². The third kappa shape index (κ3) is 2.37. The maximum atomic E-state index is 12.3. The van der Waals surface area contributed by atoms with Gasteiger partial charge in [0.15, 0.2) is 0 Å². The zero-order chi connectivity index (χ0) is 14.3. The molecule has 0 atom stereocenters. The van der Waals surface area contributed by atoms with Gasteiger partial charge in [-0.05, 0) is 31.5 Å². The molecule has 0 radical (unpaired) electrons. The highest BCUT2D eigenvalue weighted by Gasteiger charge is 2.51. The van der Waals surface area contributed by atoms with Crippen LogP contribution in [0.15, 0.2) is 29.2 Å². The lowest BCUT2D eigenvalue weighted by Gasteiger charge is -2.44. The molecule has 0 unspecified atom stereocenters. The van der Waals surface area contributed by atoms with Gasteiger partial charge in [0.2, 0.25) is 10.0 Å². The number of nitrogens with zero attached hydrogens (tertiary/aromatic N) is 1. The fourth-order valence-corrected chi connectivity index (χ4v) is 4.00. The van der Waals surface area contributed by atoms with Gasteiger partial charge in [0.25, 0.3) is 0 Å². The summed E-state index contributed by atoms with van der Waals surface area (Å²) in [4.78, 5) is 11.8. The van der Waals surface area contributed by atoms with Gasteiger partial charge in [0, 0.05) is 13.1 Å². The van der Waals surface area contributed by atoms with Crippen molar-refractivity contribution in [2.24, 2.45) is 5.41 Å². The van der Waals surface area contributed by atoms with Crippen molar-refractivity contribution < 1.29 is 17.9 Å². The molecule has 1 aliphatic rings. The van der Waals surface area contributed by atoms with Crippen molar-refractivity contribution in [3.8, 4) is 0 Å². The molecule has 0 aliphatic carbocycles. The largest absolute Gasteiger partial charge is 0.469 e. The molecule has 0 N–H and O–H groups in total. The summed E-state index contributed by atoms with van der Waals surface area (Å²) in [6.07, 6.45) is 0. The zero-order valence-electron chi connectivity index (χ0n) is 11.2. The number of carbonyl (C=O) groups is 1. The van der Waals surface area contributed by atoms with E-state index >= 15 is 0 Å².